The first-order chi connectivity index (χ1) is 12.6. The number of carbonyl (C=O) groups is 1. The topological polar surface area (TPSA) is 62.2 Å². The van der Waals surface area contributed by atoms with Gasteiger partial charge in [-0.15, -0.1) is 0 Å². The summed E-state index contributed by atoms with van der Waals surface area (Å²) in [6, 6.07) is 4.99. The summed E-state index contributed by atoms with van der Waals surface area (Å²) < 4.78 is 16.2. The number of hydrogen-bond donors (Lipinski definition) is 2. The maximum Gasteiger partial charge on any atom is 0.229 e. The first-order valence-electron chi connectivity index (χ1n) is 9.17. The summed E-state index contributed by atoms with van der Waals surface area (Å²) in [5, 5.41) is 10.4. The molecule has 0 spiro atoms. The molecule has 0 bridgehead atoms. The van der Waals surface area contributed by atoms with Gasteiger partial charge in [0.15, 0.2) is 0 Å². The molecular formula is C19H24FN5O. The molecule has 4 rings (SSSR count). The molecule has 2 fully saturated rings. The van der Waals surface area contributed by atoms with Crippen molar-refractivity contribution in [2.24, 2.45) is 13.0 Å². The Balaban J connectivity index is 1.56. The minimum Gasteiger partial charge on any atom is -0.370 e. The minimum atomic E-state index is -0.383. The monoisotopic (exact) mass is 357 g/mol. The number of aromatic nitrogens is 2. The van der Waals surface area contributed by atoms with E-state index in [9.17, 15) is 9.18 Å². The number of rotatable bonds is 4. The zero-order valence-electron chi connectivity index (χ0n) is 14.9. The van der Waals surface area contributed by atoms with Gasteiger partial charge >= 0.3 is 0 Å². The van der Waals surface area contributed by atoms with Crippen molar-refractivity contribution in [2.45, 2.75) is 18.8 Å². The van der Waals surface area contributed by atoms with E-state index in [1.165, 1.54) is 6.07 Å². The van der Waals surface area contributed by atoms with Crippen molar-refractivity contribution in [3.8, 4) is 0 Å². The Morgan fingerprint density at radius 1 is 1.31 bits per heavy atom. The van der Waals surface area contributed by atoms with Crippen LogP contribution in [0.1, 0.15) is 24.3 Å². The fraction of sp³-hybridized carbons (Fsp3) is 0.474. The molecule has 6 nitrogen and oxygen atoms in total. The number of aryl methyl sites for hydroxylation is 1. The van der Waals surface area contributed by atoms with Gasteiger partial charge in [-0.2, -0.15) is 5.10 Å². The highest BCUT2D eigenvalue weighted by atomic mass is 19.1. The van der Waals surface area contributed by atoms with Gasteiger partial charge in [-0.25, -0.2) is 4.39 Å². The third kappa shape index (κ3) is 3.19. The predicted molar refractivity (Wildman–Crippen MR) is 98.8 cm³/mol. The van der Waals surface area contributed by atoms with E-state index in [1.807, 2.05) is 19.3 Å². The molecule has 7 heteroatoms. The number of halogens is 1. The Kier molecular flexibility index (Phi) is 4.63. The van der Waals surface area contributed by atoms with Crippen molar-refractivity contribution in [1.82, 2.24) is 15.1 Å². The van der Waals surface area contributed by atoms with Crippen LogP contribution in [0.4, 0.5) is 15.8 Å². The molecule has 0 saturated carbocycles. The van der Waals surface area contributed by atoms with Gasteiger partial charge < -0.3 is 15.5 Å². The Bertz CT molecular complexity index is 799. The zero-order chi connectivity index (χ0) is 18.1. The maximum absolute atomic E-state index is 14.5. The Morgan fingerprint density at radius 2 is 2.12 bits per heavy atom. The molecule has 2 aromatic rings. The number of amides is 1. The third-order valence-corrected chi connectivity index (χ3v) is 5.39. The first-order valence-corrected chi connectivity index (χ1v) is 9.17. The van der Waals surface area contributed by atoms with Crippen molar-refractivity contribution < 1.29 is 9.18 Å². The molecule has 1 aromatic heterocycles. The van der Waals surface area contributed by atoms with Crippen molar-refractivity contribution in [3.05, 3.63) is 42.0 Å². The molecule has 2 aliphatic heterocycles. The lowest BCUT2D eigenvalue weighted by Crippen LogP contribution is -2.29. The Hall–Kier alpha value is -2.41. The second kappa shape index (κ2) is 7.07. The number of hydrogen-bond acceptors (Lipinski definition) is 4. The fourth-order valence-corrected chi connectivity index (χ4v) is 4.01. The number of carbonyl (C=O) groups excluding carboxylic acids is 1. The van der Waals surface area contributed by atoms with Gasteiger partial charge in [-0.05, 0) is 30.5 Å². The van der Waals surface area contributed by atoms with E-state index in [2.05, 4.69) is 20.6 Å². The molecule has 3 heterocycles. The van der Waals surface area contributed by atoms with Gasteiger partial charge in [0.05, 0.1) is 17.8 Å². The Morgan fingerprint density at radius 3 is 2.85 bits per heavy atom. The zero-order valence-corrected chi connectivity index (χ0v) is 14.9. The average molecular weight is 357 g/mol. The second-order valence-corrected chi connectivity index (χ2v) is 7.14. The highest BCUT2D eigenvalue weighted by molar-refractivity contribution is 5.97. The molecule has 2 aliphatic rings. The lowest BCUT2D eigenvalue weighted by molar-refractivity contribution is -0.119. The van der Waals surface area contributed by atoms with E-state index >= 15 is 0 Å². The molecule has 0 aliphatic carbocycles. The SMILES string of the molecule is Cn1cc([C@H]2CNC[C@@H]2C(=O)Nc2c(F)cccc2N2CCCC2)cn1. The van der Waals surface area contributed by atoms with Crippen LogP contribution in [0.5, 0.6) is 0 Å². The number of anilines is 2. The molecule has 0 unspecified atom stereocenters. The van der Waals surface area contributed by atoms with Gasteiger partial charge in [-0.1, -0.05) is 6.07 Å². The van der Waals surface area contributed by atoms with Crippen molar-refractivity contribution in [1.29, 1.82) is 0 Å². The van der Waals surface area contributed by atoms with E-state index in [-0.39, 0.29) is 23.6 Å². The third-order valence-electron chi connectivity index (χ3n) is 5.39. The van der Waals surface area contributed by atoms with Gasteiger partial charge in [0, 0.05) is 45.3 Å². The summed E-state index contributed by atoms with van der Waals surface area (Å²) in [5.74, 6) is -0.725. The summed E-state index contributed by atoms with van der Waals surface area (Å²) in [5.41, 5.74) is 2.11. The van der Waals surface area contributed by atoms with Crippen molar-refractivity contribution >= 4 is 17.3 Å². The van der Waals surface area contributed by atoms with E-state index in [4.69, 9.17) is 0 Å². The van der Waals surface area contributed by atoms with Crippen molar-refractivity contribution in [3.63, 3.8) is 0 Å². The standard InChI is InChI=1S/C19H24FN5O/c1-24-12-13(9-22-24)14-10-21-11-15(14)19(26)23-18-16(20)5-4-6-17(18)25-7-2-3-8-25/h4-6,9,12,14-15,21H,2-3,7-8,10-11H2,1H3,(H,23,26)/t14-,15+/m1/s1. The number of nitrogens with zero attached hydrogens (tertiary/aromatic N) is 3. The Labute approximate surface area is 152 Å². The number of benzene rings is 1. The van der Waals surface area contributed by atoms with Crippen LogP contribution in [0.3, 0.4) is 0 Å². The molecular weight excluding hydrogens is 333 g/mol. The molecule has 1 amide bonds. The molecule has 0 radical (unpaired) electrons. The second-order valence-electron chi connectivity index (χ2n) is 7.14. The van der Waals surface area contributed by atoms with Crippen LogP contribution >= 0.6 is 0 Å². The molecule has 2 N–H and O–H groups in total. The summed E-state index contributed by atoms with van der Waals surface area (Å²) in [7, 11) is 1.86. The highest BCUT2D eigenvalue weighted by Crippen LogP contribution is 2.34. The first kappa shape index (κ1) is 17.0. The molecule has 2 saturated heterocycles. The lowest BCUT2D eigenvalue weighted by atomic mass is 9.90. The van der Waals surface area contributed by atoms with E-state index in [0.717, 1.165) is 43.7 Å². The minimum absolute atomic E-state index is 0.0470. The number of nitrogens with one attached hydrogen (secondary N) is 2. The van der Waals surface area contributed by atoms with E-state index < -0.39 is 0 Å². The van der Waals surface area contributed by atoms with Crippen LogP contribution < -0.4 is 15.5 Å². The van der Waals surface area contributed by atoms with E-state index in [0.29, 0.717) is 12.2 Å². The predicted octanol–water partition coefficient (Wildman–Crippen LogP) is 2.10. The summed E-state index contributed by atoms with van der Waals surface area (Å²) in [4.78, 5) is 15.1. The van der Waals surface area contributed by atoms with Gasteiger partial charge in [-0.3, -0.25) is 9.48 Å². The summed E-state index contributed by atoms with van der Waals surface area (Å²) >= 11 is 0. The highest BCUT2D eigenvalue weighted by Gasteiger charge is 2.35. The molecule has 1 aromatic carbocycles. The average Bonchev–Trinajstić information content (AvgIpc) is 3.37. The van der Waals surface area contributed by atoms with Crippen LogP contribution in [0, 0.1) is 11.7 Å². The van der Waals surface area contributed by atoms with Crippen LogP contribution in [0.2, 0.25) is 0 Å². The molecule has 2 atom stereocenters. The largest absolute Gasteiger partial charge is 0.370 e. The van der Waals surface area contributed by atoms with Crippen molar-refractivity contribution in [2.75, 3.05) is 36.4 Å². The van der Waals surface area contributed by atoms with Crippen LogP contribution in [0.15, 0.2) is 30.6 Å². The molecule has 138 valence electrons. The van der Waals surface area contributed by atoms with Gasteiger partial charge in [0.1, 0.15) is 11.5 Å². The summed E-state index contributed by atoms with van der Waals surface area (Å²) in [6.07, 6.45) is 5.94. The maximum atomic E-state index is 14.5. The quantitative estimate of drug-likeness (QED) is 0.880. The lowest BCUT2D eigenvalue weighted by Gasteiger charge is -2.23. The van der Waals surface area contributed by atoms with Crippen LogP contribution in [-0.4, -0.2) is 41.9 Å². The van der Waals surface area contributed by atoms with Gasteiger partial charge in [0.2, 0.25) is 5.91 Å². The fourth-order valence-electron chi connectivity index (χ4n) is 4.01. The smallest absolute Gasteiger partial charge is 0.229 e. The van der Waals surface area contributed by atoms with Crippen LogP contribution in [-0.2, 0) is 11.8 Å². The molecule has 26 heavy (non-hydrogen) atoms. The normalized spacial score (nSPS) is 22.8. The van der Waals surface area contributed by atoms with Gasteiger partial charge in [0.25, 0.3) is 0 Å². The van der Waals surface area contributed by atoms with Crippen LogP contribution in [0.25, 0.3) is 0 Å². The van der Waals surface area contributed by atoms with E-state index in [1.54, 1.807) is 16.9 Å². The number of para-hydroxylation sites is 1. The summed E-state index contributed by atoms with van der Waals surface area (Å²) in [6.45, 7) is 3.10.